The molecule has 0 radical (unpaired) electrons. The van der Waals surface area contributed by atoms with Crippen molar-refractivity contribution in [3.05, 3.63) is 53.1 Å². The molecule has 2 aromatic rings. The predicted octanol–water partition coefficient (Wildman–Crippen LogP) is 5.00. The van der Waals surface area contributed by atoms with Crippen molar-refractivity contribution in [3.8, 4) is 17.2 Å². The number of benzene rings is 2. The van der Waals surface area contributed by atoms with Gasteiger partial charge in [0.25, 0.3) is 0 Å². The summed E-state index contributed by atoms with van der Waals surface area (Å²) in [6.45, 7) is 1.36. The minimum atomic E-state index is -4.61. The van der Waals surface area contributed by atoms with E-state index in [9.17, 15) is 18.0 Å². The van der Waals surface area contributed by atoms with Gasteiger partial charge in [-0.1, -0.05) is 11.6 Å². The Morgan fingerprint density at radius 2 is 1.71 bits per heavy atom. The van der Waals surface area contributed by atoms with Crippen LogP contribution in [0.4, 0.5) is 13.2 Å². The van der Waals surface area contributed by atoms with Crippen LogP contribution in [-0.4, -0.2) is 17.2 Å². The SMILES string of the molecule is C[C@@H](Oc1ccc(Oc2ccc(Cl)cc2C(F)(F)F)cc1)C(=O)O. The molecule has 4 nitrogen and oxygen atoms in total. The molecule has 1 N–H and O–H groups in total. The van der Waals surface area contributed by atoms with Crippen molar-refractivity contribution in [1.29, 1.82) is 0 Å². The highest BCUT2D eigenvalue weighted by Crippen LogP contribution is 2.39. The van der Waals surface area contributed by atoms with E-state index >= 15 is 0 Å². The molecule has 0 bridgehead atoms. The van der Waals surface area contributed by atoms with Crippen molar-refractivity contribution in [2.45, 2.75) is 19.2 Å². The van der Waals surface area contributed by atoms with Gasteiger partial charge in [-0.15, -0.1) is 0 Å². The van der Waals surface area contributed by atoms with Gasteiger partial charge in [0.15, 0.2) is 6.10 Å². The number of carboxylic acid groups (broad SMARTS) is 1. The molecule has 8 heteroatoms. The fourth-order valence-corrected chi connectivity index (χ4v) is 1.95. The fraction of sp³-hybridized carbons (Fsp3) is 0.188. The topological polar surface area (TPSA) is 55.8 Å². The Labute approximate surface area is 140 Å². The van der Waals surface area contributed by atoms with Crippen molar-refractivity contribution in [3.63, 3.8) is 0 Å². The highest BCUT2D eigenvalue weighted by atomic mass is 35.5. The number of carbonyl (C=O) groups is 1. The van der Waals surface area contributed by atoms with Crippen LogP contribution < -0.4 is 9.47 Å². The molecule has 0 aromatic heterocycles. The number of ether oxygens (including phenoxy) is 2. The fourth-order valence-electron chi connectivity index (χ4n) is 1.78. The summed E-state index contributed by atoms with van der Waals surface area (Å²) in [5, 5.41) is 8.70. The molecular weight excluding hydrogens is 349 g/mol. The van der Waals surface area contributed by atoms with Gasteiger partial charge >= 0.3 is 12.1 Å². The summed E-state index contributed by atoms with van der Waals surface area (Å²) in [6, 6.07) is 8.75. The zero-order valence-corrected chi connectivity index (χ0v) is 13.1. The van der Waals surface area contributed by atoms with Crippen molar-refractivity contribution < 1.29 is 32.5 Å². The molecule has 0 aliphatic carbocycles. The van der Waals surface area contributed by atoms with Gasteiger partial charge in [-0.3, -0.25) is 0 Å². The second-order valence-electron chi connectivity index (χ2n) is 4.81. The maximum absolute atomic E-state index is 13.0. The molecule has 0 aliphatic heterocycles. The van der Waals surface area contributed by atoms with Gasteiger partial charge in [0, 0.05) is 5.02 Å². The standard InChI is InChI=1S/C16H12ClF3O4/c1-9(15(21)22)23-11-3-5-12(6-4-11)24-14-7-2-10(17)8-13(14)16(18,19)20/h2-9H,1H3,(H,21,22)/t9-/m1/s1. The minimum Gasteiger partial charge on any atom is -0.479 e. The van der Waals surface area contributed by atoms with E-state index in [1.807, 2.05) is 0 Å². The smallest absolute Gasteiger partial charge is 0.420 e. The average Bonchev–Trinajstić information content (AvgIpc) is 2.49. The first-order valence-corrected chi connectivity index (χ1v) is 7.09. The van der Waals surface area contributed by atoms with Crippen LogP contribution in [-0.2, 0) is 11.0 Å². The summed E-state index contributed by atoms with van der Waals surface area (Å²) in [6.07, 6.45) is -5.66. The van der Waals surface area contributed by atoms with Crippen LogP contribution >= 0.6 is 11.6 Å². The molecule has 0 heterocycles. The van der Waals surface area contributed by atoms with Crippen LogP contribution in [0.3, 0.4) is 0 Å². The lowest BCUT2D eigenvalue weighted by atomic mass is 10.2. The van der Waals surface area contributed by atoms with Crippen molar-refractivity contribution in [2.75, 3.05) is 0 Å². The first-order valence-electron chi connectivity index (χ1n) is 6.71. The van der Waals surface area contributed by atoms with Crippen LogP contribution in [0, 0.1) is 0 Å². The molecule has 0 fully saturated rings. The molecule has 2 aromatic carbocycles. The minimum absolute atomic E-state index is 0.0546. The molecule has 0 saturated carbocycles. The molecule has 0 saturated heterocycles. The molecular formula is C16H12ClF3O4. The van der Waals surface area contributed by atoms with Gasteiger partial charge in [-0.2, -0.15) is 13.2 Å². The van der Waals surface area contributed by atoms with Crippen molar-refractivity contribution in [1.82, 2.24) is 0 Å². The van der Waals surface area contributed by atoms with Crippen LogP contribution in [0.5, 0.6) is 17.2 Å². The quantitative estimate of drug-likeness (QED) is 0.815. The van der Waals surface area contributed by atoms with Crippen LogP contribution in [0.2, 0.25) is 5.02 Å². The third-order valence-corrected chi connectivity index (χ3v) is 3.19. The number of rotatable bonds is 5. The third-order valence-electron chi connectivity index (χ3n) is 2.96. The first-order chi connectivity index (χ1) is 11.2. The van der Waals surface area contributed by atoms with Gasteiger partial charge in [-0.05, 0) is 49.4 Å². The third kappa shape index (κ3) is 4.55. The zero-order chi connectivity index (χ0) is 17.9. The van der Waals surface area contributed by atoms with Crippen LogP contribution in [0.25, 0.3) is 0 Å². The second kappa shape index (κ2) is 7.00. The highest BCUT2D eigenvalue weighted by Gasteiger charge is 2.34. The van der Waals surface area contributed by atoms with E-state index < -0.39 is 23.8 Å². The molecule has 128 valence electrons. The van der Waals surface area contributed by atoms with Gasteiger partial charge in [0.1, 0.15) is 17.2 Å². The zero-order valence-electron chi connectivity index (χ0n) is 12.3. The lowest BCUT2D eigenvalue weighted by molar-refractivity contribution is -0.144. The number of hydrogen-bond donors (Lipinski definition) is 1. The number of aliphatic carboxylic acids is 1. The van der Waals surface area contributed by atoms with E-state index in [-0.39, 0.29) is 22.3 Å². The van der Waals surface area contributed by atoms with Gasteiger partial charge in [-0.25, -0.2) is 4.79 Å². The Morgan fingerprint density at radius 1 is 1.12 bits per heavy atom. The maximum Gasteiger partial charge on any atom is 0.420 e. The molecule has 0 amide bonds. The number of halogens is 4. The Balaban J connectivity index is 2.19. The van der Waals surface area contributed by atoms with E-state index in [0.717, 1.165) is 12.1 Å². The van der Waals surface area contributed by atoms with E-state index in [4.69, 9.17) is 26.2 Å². The summed E-state index contributed by atoms with van der Waals surface area (Å²) in [5.74, 6) is -1.13. The Bertz CT molecular complexity index is 729. The Hall–Kier alpha value is -2.41. The summed E-state index contributed by atoms with van der Waals surface area (Å²) in [7, 11) is 0. The van der Waals surface area contributed by atoms with Crippen molar-refractivity contribution >= 4 is 17.6 Å². The largest absolute Gasteiger partial charge is 0.479 e. The molecule has 0 spiro atoms. The van der Waals surface area contributed by atoms with Gasteiger partial charge in [0.05, 0.1) is 5.56 Å². The number of alkyl halides is 3. The van der Waals surface area contributed by atoms with Crippen LogP contribution in [0.15, 0.2) is 42.5 Å². The number of hydrogen-bond acceptors (Lipinski definition) is 3. The van der Waals surface area contributed by atoms with Gasteiger partial charge in [0.2, 0.25) is 0 Å². The van der Waals surface area contributed by atoms with E-state index in [2.05, 4.69) is 0 Å². The van der Waals surface area contributed by atoms with E-state index in [1.165, 1.54) is 37.3 Å². The summed E-state index contributed by atoms with van der Waals surface area (Å²) >= 11 is 5.60. The summed E-state index contributed by atoms with van der Waals surface area (Å²) < 4.78 is 49.4. The average molecular weight is 361 g/mol. The Morgan fingerprint density at radius 3 is 2.25 bits per heavy atom. The molecule has 0 aliphatic rings. The van der Waals surface area contributed by atoms with E-state index in [1.54, 1.807) is 0 Å². The predicted molar refractivity (Wildman–Crippen MR) is 80.7 cm³/mol. The lowest BCUT2D eigenvalue weighted by Gasteiger charge is -2.15. The van der Waals surface area contributed by atoms with Crippen molar-refractivity contribution in [2.24, 2.45) is 0 Å². The highest BCUT2D eigenvalue weighted by molar-refractivity contribution is 6.30. The molecule has 1 atom stereocenters. The maximum atomic E-state index is 13.0. The monoisotopic (exact) mass is 360 g/mol. The molecule has 2 rings (SSSR count). The van der Waals surface area contributed by atoms with E-state index in [0.29, 0.717) is 0 Å². The second-order valence-corrected chi connectivity index (χ2v) is 5.25. The molecule has 0 unspecified atom stereocenters. The normalized spacial score (nSPS) is 12.5. The lowest BCUT2D eigenvalue weighted by Crippen LogP contribution is -2.22. The summed E-state index contributed by atoms with van der Waals surface area (Å²) in [4.78, 5) is 10.7. The summed E-state index contributed by atoms with van der Waals surface area (Å²) in [5.41, 5.74) is -0.991. The Kier molecular flexibility index (Phi) is 5.23. The number of carboxylic acids is 1. The van der Waals surface area contributed by atoms with Crippen LogP contribution in [0.1, 0.15) is 12.5 Å². The molecule has 24 heavy (non-hydrogen) atoms. The first kappa shape index (κ1) is 17.9. The van der Waals surface area contributed by atoms with Gasteiger partial charge < -0.3 is 14.6 Å².